The van der Waals surface area contributed by atoms with E-state index in [1.165, 1.54) is 19.2 Å². The fraction of sp³-hybridized carbons (Fsp3) is 0.136. The first kappa shape index (κ1) is 19.1. The summed E-state index contributed by atoms with van der Waals surface area (Å²) in [4.78, 5) is 37.6. The number of benzene rings is 1. The molecule has 0 atom stereocenters. The van der Waals surface area contributed by atoms with E-state index in [0.29, 0.717) is 6.54 Å². The van der Waals surface area contributed by atoms with Gasteiger partial charge in [0, 0.05) is 22.7 Å². The number of furan rings is 1. The first-order valence-corrected chi connectivity index (χ1v) is 9.04. The molecule has 2 aromatic heterocycles. The van der Waals surface area contributed by atoms with E-state index >= 15 is 0 Å². The van der Waals surface area contributed by atoms with Crippen molar-refractivity contribution < 1.29 is 23.5 Å². The first-order valence-electron chi connectivity index (χ1n) is 9.04. The molecule has 150 valence electrons. The van der Waals surface area contributed by atoms with E-state index in [-0.39, 0.29) is 23.8 Å². The molecule has 8 nitrogen and oxygen atoms in total. The third-order valence-electron chi connectivity index (χ3n) is 4.71. The minimum absolute atomic E-state index is 0.00311. The molecule has 4 rings (SSSR count). The highest BCUT2D eigenvalue weighted by Crippen LogP contribution is 2.25. The monoisotopic (exact) mass is 403 g/mol. The van der Waals surface area contributed by atoms with Crippen molar-refractivity contribution in [2.45, 2.75) is 13.1 Å². The highest BCUT2D eigenvalue weighted by molar-refractivity contribution is 6.14. The molecular weight excluding hydrogens is 386 g/mol. The summed E-state index contributed by atoms with van der Waals surface area (Å²) in [6, 6.07) is 10.0. The Balaban J connectivity index is 1.61. The lowest BCUT2D eigenvalue weighted by Crippen LogP contribution is -2.30. The van der Waals surface area contributed by atoms with Crippen LogP contribution in [0.3, 0.4) is 0 Å². The van der Waals surface area contributed by atoms with Gasteiger partial charge < -0.3 is 19.0 Å². The Hall–Kier alpha value is -4.25. The Morgan fingerprint density at radius 2 is 2.07 bits per heavy atom. The first-order chi connectivity index (χ1) is 14.5. The van der Waals surface area contributed by atoms with E-state index in [9.17, 15) is 14.4 Å². The van der Waals surface area contributed by atoms with Crippen LogP contribution in [-0.4, -0.2) is 34.5 Å². The van der Waals surface area contributed by atoms with Crippen molar-refractivity contribution in [3.8, 4) is 12.3 Å². The van der Waals surface area contributed by atoms with Gasteiger partial charge in [-0.3, -0.25) is 9.69 Å². The second-order valence-electron chi connectivity index (χ2n) is 6.57. The minimum Gasteiger partial charge on any atom is -0.463 e. The number of ether oxygens (including phenoxy) is 1. The molecule has 0 spiro atoms. The number of nitrogens with zero attached hydrogens (tertiary/aromatic N) is 2. The lowest BCUT2D eigenvalue weighted by molar-refractivity contribution is -0.123. The van der Waals surface area contributed by atoms with Crippen molar-refractivity contribution in [3.63, 3.8) is 0 Å². The topological polar surface area (TPSA) is 93.8 Å². The van der Waals surface area contributed by atoms with E-state index in [0.717, 1.165) is 21.4 Å². The molecule has 0 radical (unpaired) electrons. The molecule has 1 saturated heterocycles. The Kier molecular flexibility index (Phi) is 4.86. The van der Waals surface area contributed by atoms with Gasteiger partial charge in [-0.1, -0.05) is 24.1 Å². The van der Waals surface area contributed by atoms with Gasteiger partial charge >= 0.3 is 12.0 Å². The highest BCUT2D eigenvalue weighted by Gasteiger charge is 2.34. The van der Waals surface area contributed by atoms with Crippen LogP contribution in [0.15, 0.2) is 52.7 Å². The van der Waals surface area contributed by atoms with Crippen LogP contribution in [0, 0.1) is 12.3 Å². The second kappa shape index (κ2) is 7.64. The van der Waals surface area contributed by atoms with Crippen LogP contribution >= 0.6 is 0 Å². The summed E-state index contributed by atoms with van der Waals surface area (Å²) in [6.07, 6.45) is 8.91. The number of hydrogen-bond donors (Lipinski definition) is 1. The third kappa shape index (κ3) is 3.33. The quantitative estimate of drug-likeness (QED) is 0.306. The van der Waals surface area contributed by atoms with Gasteiger partial charge in [0.25, 0.3) is 5.91 Å². The largest absolute Gasteiger partial charge is 0.463 e. The van der Waals surface area contributed by atoms with Crippen LogP contribution in [0.2, 0.25) is 0 Å². The number of aromatic nitrogens is 1. The maximum atomic E-state index is 12.8. The van der Waals surface area contributed by atoms with Crippen LogP contribution in [0.1, 0.15) is 21.9 Å². The molecule has 1 aromatic carbocycles. The molecule has 1 aliphatic heterocycles. The van der Waals surface area contributed by atoms with Crippen LogP contribution in [-0.2, 0) is 22.6 Å². The number of nitrogens with one attached hydrogen (secondary N) is 1. The number of methoxy groups -OCH3 is 1. The summed E-state index contributed by atoms with van der Waals surface area (Å²) < 4.78 is 11.8. The normalized spacial score (nSPS) is 14.9. The number of esters is 1. The standard InChI is InChI=1S/C22H17N3O5/c1-3-10-24-12-14(16-6-4-5-7-18(16)24)11-17-20(26)25(22(28)23-17)13-15-8-9-19(30-15)21(27)29-2/h1,4-9,11-12H,10,13H2,2H3,(H,23,28). The Bertz CT molecular complexity index is 1240. The summed E-state index contributed by atoms with van der Waals surface area (Å²) in [5.41, 5.74) is 1.84. The summed E-state index contributed by atoms with van der Waals surface area (Å²) >= 11 is 0. The van der Waals surface area contributed by atoms with Crippen LogP contribution in [0.4, 0.5) is 4.79 Å². The number of para-hydroxylation sites is 1. The smallest absolute Gasteiger partial charge is 0.373 e. The van der Waals surface area contributed by atoms with Crippen molar-refractivity contribution in [1.82, 2.24) is 14.8 Å². The van der Waals surface area contributed by atoms with Gasteiger partial charge in [0.2, 0.25) is 5.76 Å². The van der Waals surface area contributed by atoms with E-state index in [1.807, 2.05) is 35.0 Å². The van der Waals surface area contributed by atoms with E-state index in [2.05, 4.69) is 16.0 Å². The van der Waals surface area contributed by atoms with E-state index in [4.69, 9.17) is 10.8 Å². The van der Waals surface area contributed by atoms with E-state index in [1.54, 1.807) is 6.08 Å². The second-order valence-corrected chi connectivity index (χ2v) is 6.57. The van der Waals surface area contributed by atoms with Crippen molar-refractivity contribution in [2.24, 2.45) is 0 Å². The van der Waals surface area contributed by atoms with Gasteiger partial charge in [0.15, 0.2) is 0 Å². The summed E-state index contributed by atoms with van der Waals surface area (Å²) in [6.45, 7) is 0.273. The predicted octanol–water partition coefficient (Wildman–Crippen LogP) is 2.75. The summed E-state index contributed by atoms with van der Waals surface area (Å²) in [7, 11) is 1.24. The van der Waals surface area contributed by atoms with Crippen LogP contribution < -0.4 is 5.32 Å². The number of carbonyl (C=O) groups is 3. The fourth-order valence-corrected chi connectivity index (χ4v) is 3.32. The number of imide groups is 1. The number of hydrogen-bond acceptors (Lipinski definition) is 5. The van der Waals surface area contributed by atoms with Crippen molar-refractivity contribution >= 4 is 34.9 Å². The molecule has 1 aliphatic rings. The number of terminal acetylenes is 1. The molecule has 30 heavy (non-hydrogen) atoms. The van der Waals surface area contributed by atoms with Crippen LogP contribution in [0.5, 0.6) is 0 Å². The van der Waals surface area contributed by atoms with Gasteiger partial charge in [-0.25, -0.2) is 9.59 Å². The third-order valence-corrected chi connectivity index (χ3v) is 4.71. The van der Waals surface area contributed by atoms with Gasteiger partial charge in [0.1, 0.15) is 11.5 Å². The Labute approximate surface area is 171 Å². The molecule has 0 bridgehead atoms. The summed E-state index contributed by atoms with van der Waals surface area (Å²) in [5.74, 6) is 1.75. The molecule has 8 heteroatoms. The number of carbonyl (C=O) groups excluding carboxylic acids is 3. The molecule has 3 aromatic rings. The maximum absolute atomic E-state index is 12.8. The highest BCUT2D eigenvalue weighted by atomic mass is 16.5. The average Bonchev–Trinajstić information content (AvgIpc) is 3.42. The van der Waals surface area contributed by atoms with Crippen LogP contribution in [0.25, 0.3) is 17.0 Å². The van der Waals surface area contributed by atoms with Crippen molar-refractivity contribution in [3.05, 3.63) is 65.4 Å². The molecule has 1 fully saturated rings. The maximum Gasteiger partial charge on any atom is 0.373 e. The molecule has 0 unspecified atom stereocenters. The number of urea groups is 1. The minimum atomic E-state index is -0.637. The molecule has 3 amide bonds. The molecule has 0 saturated carbocycles. The van der Waals surface area contributed by atoms with Crippen molar-refractivity contribution in [2.75, 3.05) is 7.11 Å². The zero-order valence-corrected chi connectivity index (χ0v) is 16.0. The molecule has 0 aliphatic carbocycles. The number of fused-ring (bicyclic) bond motifs is 1. The number of amides is 3. The van der Waals surface area contributed by atoms with Gasteiger partial charge in [0.05, 0.1) is 20.2 Å². The molecule has 1 N–H and O–H groups in total. The SMILES string of the molecule is C#CCn1cc(C=C2NC(=O)N(Cc3ccc(C(=O)OC)o3)C2=O)c2ccccc21. The van der Waals surface area contributed by atoms with Gasteiger partial charge in [-0.15, -0.1) is 6.42 Å². The predicted molar refractivity (Wildman–Crippen MR) is 108 cm³/mol. The Morgan fingerprint density at radius 1 is 1.27 bits per heavy atom. The zero-order chi connectivity index (χ0) is 21.3. The fourth-order valence-electron chi connectivity index (χ4n) is 3.32. The van der Waals surface area contributed by atoms with Gasteiger partial charge in [-0.05, 0) is 24.3 Å². The lowest BCUT2D eigenvalue weighted by Gasteiger charge is -2.09. The average molecular weight is 403 g/mol. The van der Waals surface area contributed by atoms with Gasteiger partial charge in [-0.2, -0.15) is 0 Å². The zero-order valence-electron chi connectivity index (χ0n) is 16.0. The lowest BCUT2D eigenvalue weighted by atomic mass is 10.1. The van der Waals surface area contributed by atoms with E-state index < -0.39 is 17.9 Å². The molecule has 3 heterocycles. The molecular formula is C22H17N3O5. The summed E-state index contributed by atoms with van der Waals surface area (Å²) in [5, 5.41) is 3.50. The van der Waals surface area contributed by atoms with Crippen molar-refractivity contribution in [1.29, 1.82) is 0 Å². The Morgan fingerprint density at radius 3 is 2.83 bits per heavy atom. The number of rotatable bonds is 5.